The van der Waals surface area contributed by atoms with Gasteiger partial charge in [-0.25, -0.2) is 14.5 Å². The molecule has 0 bridgehead atoms. The van der Waals surface area contributed by atoms with Crippen molar-refractivity contribution >= 4 is 34.8 Å². The Morgan fingerprint density at radius 1 is 1.19 bits per heavy atom. The van der Waals surface area contributed by atoms with Gasteiger partial charge in [-0.1, -0.05) is 62.4 Å². The van der Waals surface area contributed by atoms with Gasteiger partial charge in [-0.3, -0.25) is 9.59 Å². The van der Waals surface area contributed by atoms with E-state index in [1.807, 2.05) is 13.0 Å². The van der Waals surface area contributed by atoms with E-state index in [0.29, 0.717) is 12.1 Å². The molecule has 170 valence electrons. The van der Waals surface area contributed by atoms with E-state index in [-0.39, 0.29) is 17.4 Å². The predicted molar refractivity (Wildman–Crippen MR) is 121 cm³/mol. The largest absolute Gasteiger partial charge is 0.458 e. The van der Waals surface area contributed by atoms with Crippen molar-refractivity contribution in [1.29, 1.82) is 0 Å². The number of benzene rings is 1. The van der Waals surface area contributed by atoms with E-state index >= 15 is 0 Å². The molecule has 1 heterocycles. The van der Waals surface area contributed by atoms with Gasteiger partial charge in [0.15, 0.2) is 6.04 Å². The second-order valence-electron chi connectivity index (χ2n) is 8.71. The van der Waals surface area contributed by atoms with Crippen molar-refractivity contribution in [1.82, 2.24) is 9.80 Å². The second kappa shape index (κ2) is 10.8. The number of rotatable bonds is 8. The van der Waals surface area contributed by atoms with Gasteiger partial charge in [-0.2, -0.15) is 0 Å². The molecule has 7 nitrogen and oxygen atoms in total. The third-order valence-corrected chi connectivity index (χ3v) is 5.94. The van der Waals surface area contributed by atoms with Gasteiger partial charge >= 0.3 is 12.0 Å². The van der Waals surface area contributed by atoms with Crippen LogP contribution in [0.15, 0.2) is 30.3 Å². The molecule has 0 radical (unpaired) electrons. The van der Waals surface area contributed by atoms with Crippen LogP contribution in [0, 0.1) is 5.92 Å². The Morgan fingerprint density at radius 3 is 2.42 bits per heavy atom. The lowest BCUT2D eigenvalue weighted by Gasteiger charge is -2.26. The van der Waals surface area contributed by atoms with Crippen molar-refractivity contribution in [2.45, 2.75) is 59.1 Å². The molecule has 1 saturated heterocycles. The normalized spacial score (nSPS) is 17.6. The topological polar surface area (TPSA) is 84.0 Å². The quantitative estimate of drug-likeness (QED) is 0.560. The van der Waals surface area contributed by atoms with E-state index < -0.39 is 35.5 Å². The van der Waals surface area contributed by atoms with Crippen LogP contribution in [-0.4, -0.2) is 63.3 Å². The fourth-order valence-electron chi connectivity index (χ4n) is 3.15. The number of nitrogens with zero attached hydrogens (tertiary/aromatic N) is 2. The standard InChI is InChI=1S/C23H32N2O5S/c1-6-7-13-24-14-18(20(27)30-23(3,4)5)25(22(24)29)19(26)16(2)15-31-21(28)17-11-9-8-10-12-17/h8-12,16,18H,6-7,13-15H2,1-5H3/t16-,18-/m0/s1. The van der Waals surface area contributed by atoms with Crippen molar-refractivity contribution in [3.63, 3.8) is 0 Å². The van der Waals surface area contributed by atoms with Gasteiger partial charge < -0.3 is 9.64 Å². The first-order valence-electron chi connectivity index (χ1n) is 10.6. The van der Waals surface area contributed by atoms with Crippen molar-refractivity contribution < 1.29 is 23.9 Å². The van der Waals surface area contributed by atoms with Gasteiger partial charge in [0.1, 0.15) is 5.60 Å². The molecule has 0 aliphatic carbocycles. The number of amides is 3. The van der Waals surface area contributed by atoms with Gasteiger partial charge in [0.25, 0.3) is 0 Å². The molecular formula is C23H32N2O5S. The first kappa shape index (κ1) is 24.9. The molecular weight excluding hydrogens is 416 g/mol. The van der Waals surface area contributed by atoms with E-state index in [1.165, 1.54) is 4.90 Å². The number of imide groups is 1. The molecule has 1 aliphatic heterocycles. The van der Waals surface area contributed by atoms with Crippen LogP contribution in [0.3, 0.4) is 0 Å². The lowest BCUT2D eigenvalue weighted by Crippen LogP contribution is -2.48. The third kappa shape index (κ3) is 6.82. The van der Waals surface area contributed by atoms with Crippen LogP contribution in [-0.2, 0) is 14.3 Å². The molecule has 3 amide bonds. The highest BCUT2D eigenvalue weighted by Gasteiger charge is 2.47. The maximum absolute atomic E-state index is 13.2. The summed E-state index contributed by atoms with van der Waals surface area (Å²) in [6.45, 7) is 9.53. The fourth-order valence-corrected chi connectivity index (χ4v) is 4.00. The maximum atomic E-state index is 13.2. The third-order valence-electron chi connectivity index (χ3n) is 4.77. The Balaban J connectivity index is 2.11. The fraction of sp³-hybridized carbons (Fsp3) is 0.565. The first-order chi connectivity index (χ1) is 14.5. The van der Waals surface area contributed by atoms with Gasteiger partial charge in [0.05, 0.1) is 6.54 Å². The van der Waals surface area contributed by atoms with Gasteiger partial charge in [-0.15, -0.1) is 0 Å². The Kier molecular flexibility index (Phi) is 8.68. The van der Waals surface area contributed by atoms with E-state index in [2.05, 4.69) is 0 Å². The summed E-state index contributed by atoms with van der Waals surface area (Å²) in [4.78, 5) is 53.8. The van der Waals surface area contributed by atoms with Crippen LogP contribution >= 0.6 is 11.8 Å². The zero-order chi connectivity index (χ0) is 23.2. The molecule has 1 aliphatic rings. The Labute approximate surface area is 188 Å². The summed E-state index contributed by atoms with van der Waals surface area (Å²) < 4.78 is 5.47. The van der Waals surface area contributed by atoms with E-state index in [0.717, 1.165) is 29.5 Å². The van der Waals surface area contributed by atoms with E-state index in [1.54, 1.807) is 52.0 Å². The average molecular weight is 449 g/mol. The average Bonchev–Trinajstić information content (AvgIpc) is 3.05. The first-order valence-corrected chi connectivity index (χ1v) is 11.6. The number of carbonyl (C=O) groups is 4. The number of unbranched alkanes of at least 4 members (excludes halogenated alkanes) is 1. The van der Waals surface area contributed by atoms with E-state index in [4.69, 9.17) is 4.74 Å². The Bertz CT molecular complexity index is 806. The summed E-state index contributed by atoms with van der Waals surface area (Å²) in [6, 6.07) is 7.37. The van der Waals surface area contributed by atoms with Crippen molar-refractivity contribution in [2.75, 3.05) is 18.8 Å². The van der Waals surface area contributed by atoms with Crippen LogP contribution in [0.1, 0.15) is 57.8 Å². The van der Waals surface area contributed by atoms with E-state index in [9.17, 15) is 19.2 Å². The molecule has 8 heteroatoms. The van der Waals surface area contributed by atoms with Crippen LogP contribution < -0.4 is 0 Å². The Hall–Kier alpha value is -2.35. The van der Waals surface area contributed by atoms with Crippen LogP contribution in [0.4, 0.5) is 4.79 Å². The molecule has 0 saturated carbocycles. The SMILES string of the molecule is CCCCN1C[C@@H](C(=O)OC(C)(C)C)N(C(=O)[C@@H](C)CSC(=O)c2ccccc2)C1=O. The molecule has 2 rings (SSSR count). The van der Waals surface area contributed by atoms with Crippen LogP contribution in [0.25, 0.3) is 0 Å². The monoisotopic (exact) mass is 448 g/mol. The smallest absolute Gasteiger partial charge is 0.331 e. The minimum absolute atomic E-state index is 0.127. The molecule has 31 heavy (non-hydrogen) atoms. The number of esters is 1. The summed E-state index contributed by atoms with van der Waals surface area (Å²) in [7, 11) is 0. The minimum atomic E-state index is -0.978. The number of thioether (sulfide) groups is 1. The number of carbonyl (C=O) groups excluding carboxylic acids is 4. The van der Waals surface area contributed by atoms with Gasteiger partial charge in [0, 0.05) is 23.8 Å². The lowest BCUT2D eigenvalue weighted by atomic mass is 10.1. The highest BCUT2D eigenvalue weighted by molar-refractivity contribution is 8.14. The maximum Gasteiger partial charge on any atom is 0.331 e. The molecule has 0 aromatic heterocycles. The van der Waals surface area contributed by atoms with Crippen LogP contribution in [0.5, 0.6) is 0 Å². The summed E-state index contributed by atoms with van der Waals surface area (Å²) in [5.74, 6) is -1.45. The lowest BCUT2D eigenvalue weighted by molar-refractivity contribution is -0.162. The molecule has 0 N–H and O–H groups in total. The molecule has 1 fully saturated rings. The Morgan fingerprint density at radius 2 is 1.84 bits per heavy atom. The van der Waals surface area contributed by atoms with Crippen molar-refractivity contribution in [3.8, 4) is 0 Å². The summed E-state index contributed by atoms with van der Waals surface area (Å²) >= 11 is 1.03. The summed E-state index contributed by atoms with van der Waals surface area (Å²) in [5, 5.41) is -0.138. The highest BCUT2D eigenvalue weighted by Crippen LogP contribution is 2.25. The summed E-state index contributed by atoms with van der Waals surface area (Å²) in [6.07, 6.45) is 1.68. The molecule has 2 atom stereocenters. The number of ether oxygens (including phenoxy) is 1. The predicted octanol–water partition coefficient (Wildman–Crippen LogP) is 3.97. The minimum Gasteiger partial charge on any atom is -0.458 e. The number of urea groups is 1. The van der Waals surface area contributed by atoms with Gasteiger partial charge in [0.2, 0.25) is 11.0 Å². The molecule has 0 unspecified atom stereocenters. The summed E-state index contributed by atoms with van der Waals surface area (Å²) in [5.41, 5.74) is -0.170. The van der Waals surface area contributed by atoms with Crippen molar-refractivity contribution in [3.05, 3.63) is 35.9 Å². The molecule has 1 aromatic carbocycles. The highest BCUT2D eigenvalue weighted by atomic mass is 32.2. The number of hydrogen-bond acceptors (Lipinski definition) is 6. The van der Waals surface area contributed by atoms with Gasteiger partial charge in [-0.05, 0) is 27.2 Å². The second-order valence-corrected chi connectivity index (χ2v) is 9.70. The van der Waals surface area contributed by atoms with Crippen molar-refractivity contribution in [2.24, 2.45) is 5.92 Å². The molecule has 0 spiro atoms. The molecule has 1 aromatic rings. The zero-order valence-corrected chi connectivity index (χ0v) is 19.7. The number of hydrogen-bond donors (Lipinski definition) is 0. The van der Waals surface area contributed by atoms with Crippen LogP contribution in [0.2, 0.25) is 0 Å². The zero-order valence-electron chi connectivity index (χ0n) is 18.9.